The predicted molar refractivity (Wildman–Crippen MR) is 90.1 cm³/mol. The van der Waals surface area contributed by atoms with E-state index < -0.39 is 5.97 Å². The lowest BCUT2D eigenvalue weighted by atomic mass is 9.81. The van der Waals surface area contributed by atoms with E-state index in [1.807, 2.05) is 23.1 Å². The van der Waals surface area contributed by atoms with Gasteiger partial charge in [-0.05, 0) is 37.8 Å². The Labute approximate surface area is 146 Å². The van der Waals surface area contributed by atoms with Crippen LogP contribution in [0.3, 0.4) is 0 Å². The average molecular weight is 352 g/mol. The Balaban J connectivity index is 1.51. The molecule has 0 bridgehead atoms. The second-order valence-electron chi connectivity index (χ2n) is 6.63. The number of ether oxygens (including phenoxy) is 1. The predicted octanol–water partition coefficient (Wildman–Crippen LogP) is 3.21. The third kappa shape index (κ3) is 3.83. The first-order valence-corrected chi connectivity index (χ1v) is 8.85. The number of para-hydroxylation sites is 1. The molecule has 1 aliphatic heterocycles. The van der Waals surface area contributed by atoms with Crippen LogP contribution in [0.4, 0.5) is 0 Å². The first-order chi connectivity index (χ1) is 11.5. The molecule has 5 nitrogen and oxygen atoms in total. The van der Waals surface area contributed by atoms with Crippen LogP contribution < -0.4 is 4.74 Å². The number of amides is 1. The maximum atomic E-state index is 12.6. The largest absolute Gasteiger partial charge is 0.487 e. The number of carboxylic acids is 1. The number of carbonyl (C=O) groups excluding carboxylic acids is 1. The van der Waals surface area contributed by atoms with Crippen LogP contribution in [-0.2, 0) is 9.59 Å². The summed E-state index contributed by atoms with van der Waals surface area (Å²) in [5.41, 5.74) is 0. The van der Waals surface area contributed by atoms with Crippen LogP contribution in [0, 0.1) is 11.8 Å². The summed E-state index contributed by atoms with van der Waals surface area (Å²) in [5, 5.41) is 9.63. The SMILES string of the molecule is O=C(O)C1CCC(C(=O)N2CCC(Oc3ccccc3Cl)C2)CC1. The van der Waals surface area contributed by atoms with E-state index in [1.165, 1.54) is 0 Å². The zero-order chi connectivity index (χ0) is 17.1. The fourth-order valence-electron chi connectivity index (χ4n) is 3.59. The number of benzene rings is 1. The maximum absolute atomic E-state index is 12.6. The van der Waals surface area contributed by atoms with Crippen LogP contribution in [0.1, 0.15) is 32.1 Å². The van der Waals surface area contributed by atoms with Gasteiger partial charge in [0, 0.05) is 18.9 Å². The van der Waals surface area contributed by atoms with E-state index in [9.17, 15) is 9.59 Å². The van der Waals surface area contributed by atoms with Gasteiger partial charge in [-0.2, -0.15) is 0 Å². The topological polar surface area (TPSA) is 66.8 Å². The van der Waals surface area contributed by atoms with Crippen molar-refractivity contribution in [1.82, 2.24) is 4.90 Å². The second kappa shape index (κ2) is 7.43. The molecule has 1 atom stereocenters. The van der Waals surface area contributed by atoms with Gasteiger partial charge >= 0.3 is 5.97 Å². The highest BCUT2D eigenvalue weighted by Gasteiger charge is 2.35. The summed E-state index contributed by atoms with van der Waals surface area (Å²) in [6.07, 6.45) is 3.29. The van der Waals surface area contributed by atoms with E-state index in [-0.39, 0.29) is 23.8 Å². The van der Waals surface area contributed by atoms with Gasteiger partial charge in [0.05, 0.1) is 17.5 Å². The molecule has 24 heavy (non-hydrogen) atoms. The fraction of sp³-hybridized carbons (Fsp3) is 0.556. The first-order valence-electron chi connectivity index (χ1n) is 8.47. The molecule has 1 heterocycles. The van der Waals surface area contributed by atoms with Crippen LogP contribution in [0.25, 0.3) is 0 Å². The Hall–Kier alpha value is -1.75. The lowest BCUT2D eigenvalue weighted by Crippen LogP contribution is -2.38. The van der Waals surface area contributed by atoms with Crippen molar-refractivity contribution in [1.29, 1.82) is 0 Å². The third-order valence-electron chi connectivity index (χ3n) is 5.01. The van der Waals surface area contributed by atoms with E-state index in [2.05, 4.69) is 0 Å². The van der Waals surface area contributed by atoms with Crippen molar-refractivity contribution >= 4 is 23.5 Å². The molecule has 1 unspecified atom stereocenters. The Bertz CT molecular complexity index is 613. The van der Waals surface area contributed by atoms with E-state index in [0.717, 1.165) is 6.42 Å². The summed E-state index contributed by atoms with van der Waals surface area (Å²) >= 11 is 6.11. The van der Waals surface area contributed by atoms with Gasteiger partial charge in [-0.25, -0.2) is 0 Å². The minimum Gasteiger partial charge on any atom is -0.487 e. The van der Waals surface area contributed by atoms with Gasteiger partial charge in [-0.1, -0.05) is 23.7 Å². The second-order valence-corrected chi connectivity index (χ2v) is 7.04. The van der Waals surface area contributed by atoms with Crippen molar-refractivity contribution in [2.75, 3.05) is 13.1 Å². The number of carbonyl (C=O) groups is 2. The summed E-state index contributed by atoms with van der Waals surface area (Å²) in [6.45, 7) is 1.26. The number of rotatable bonds is 4. The molecule has 0 spiro atoms. The number of carboxylic acid groups (broad SMARTS) is 1. The molecule has 1 aromatic carbocycles. The molecule has 1 saturated carbocycles. The molecule has 2 fully saturated rings. The molecular weight excluding hydrogens is 330 g/mol. The van der Waals surface area contributed by atoms with E-state index in [4.69, 9.17) is 21.4 Å². The summed E-state index contributed by atoms with van der Waals surface area (Å²) in [7, 11) is 0. The van der Waals surface area contributed by atoms with Crippen molar-refractivity contribution in [3.63, 3.8) is 0 Å². The summed E-state index contributed by atoms with van der Waals surface area (Å²) < 4.78 is 5.92. The van der Waals surface area contributed by atoms with Gasteiger partial charge in [0.25, 0.3) is 0 Å². The van der Waals surface area contributed by atoms with Crippen LogP contribution in [0.5, 0.6) is 5.75 Å². The molecule has 2 aliphatic rings. The monoisotopic (exact) mass is 351 g/mol. The minimum atomic E-state index is -0.740. The van der Waals surface area contributed by atoms with Crippen LogP contribution in [0.15, 0.2) is 24.3 Å². The summed E-state index contributed by atoms with van der Waals surface area (Å²) in [6, 6.07) is 7.35. The molecule has 130 valence electrons. The molecule has 6 heteroatoms. The van der Waals surface area contributed by atoms with Gasteiger partial charge in [0.2, 0.25) is 5.91 Å². The average Bonchev–Trinajstić information content (AvgIpc) is 3.05. The Morgan fingerprint density at radius 2 is 1.75 bits per heavy atom. The van der Waals surface area contributed by atoms with Crippen molar-refractivity contribution in [2.45, 2.75) is 38.2 Å². The smallest absolute Gasteiger partial charge is 0.306 e. The van der Waals surface area contributed by atoms with Crippen LogP contribution >= 0.6 is 11.6 Å². The van der Waals surface area contributed by atoms with Crippen molar-refractivity contribution in [3.05, 3.63) is 29.3 Å². The van der Waals surface area contributed by atoms with Gasteiger partial charge in [0.1, 0.15) is 11.9 Å². The maximum Gasteiger partial charge on any atom is 0.306 e. The molecular formula is C18H22ClNO4. The zero-order valence-electron chi connectivity index (χ0n) is 13.5. The molecule has 0 aromatic heterocycles. The highest BCUT2D eigenvalue weighted by atomic mass is 35.5. The van der Waals surface area contributed by atoms with E-state index in [1.54, 1.807) is 6.07 Å². The number of hydrogen-bond acceptors (Lipinski definition) is 3. The first kappa shape index (κ1) is 17.1. The third-order valence-corrected chi connectivity index (χ3v) is 5.32. The minimum absolute atomic E-state index is 0.0378. The number of aliphatic carboxylic acids is 1. The highest BCUT2D eigenvalue weighted by Crippen LogP contribution is 2.32. The number of likely N-dealkylation sites (tertiary alicyclic amines) is 1. The normalized spacial score (nSPS) is 27.0. The van der Waals surface area contributed by atoms with Gasteiger partial charge in [0.15, 0.2) is 0 Å². The molecule has 0 radical (unpaired) electrons. The molecule has 1 saturated heterocycles. The number of nitrogens with zero attached hydrogens (tertiary/aromatic N) is 1. The molecule has 1 aliphatic carbocycles. The lowest BCUT2D eigenvalue weighted by Gasteiger charge is -2.28. The van der Waals surface area contributed by atoms with Crippen molar-refractivity contribution in [3.8, 4) is 5.75 Å². The highest BCUT2D eigenvalue weighted by molar-refractivity contribution is 6.32. The van der Waals surface area contributed by atoms with Crippen LogP contribution in [0.2, 0.25) is 5.02 Å². The van der Waals surface area contributed by atoms with Crippen molar-refractivity contribution < 1.29 is 19.4 Å². The molecule has 3 rings (SSSR count). The molecule has 1 amide bonds. The van der Waals surface area contributed by atoms with Gasteiger partial charge < -0.3 is 14.7 Å². The standard InChI is InChI=1S/C18H22ClNO4/c19-15-3-1-2-4-16(15)24-14-9-10-20(11-14)17(21)12-5-7-13(8-6-12)18(22)23/h1-4,12-14H,5-11H2,(H,22,23). The Morgan fingerprint density at radius 3 is 2.42 bits per heavy atom. The van der Waals surface area contributed by atoms with Crippen LogP contribution in [-0.4, -0.2) is 41.1 Å². The van der Waals surface area contributed by atoms with Crippen molar-refractivity contribution in [2.24, 2.45) is 11.8 Å². The number of hydrogen-bond donors (Lipinski definition) is 1. The number of halogens is 1. The van der Waals surface area contributed by atoms with E-state index in [0.29, 0.717) is 49.5 Å². The quantitative estimate of drug-likeness (QED) is 0.904. The fourth-order valence-corrected chi connectivity index (χ4v) is 3.77. The zero-order valence-corrected chi connectivity index (χ0v) is 14.2. The molecule has 1 aromatic rings. The van der Waals surface area contributed by atoms with Gasteiger partial charge in [-0.15, -0.1) is 0 Å². The molecule has 1 N–H and O–H groups in total. The summed E-state index contributed by atoms with van der Waals surface area (Å²) in [4.78, 5) is 25.5. The lowest BCUT2D eigenvalue weighted by molar-refractivity contribution is -0.145. The van der Waals surface area contributed by atoms with E-state index >= 15 is 0 Å². The summed E-state index contributed by atoms with van der Waals surface area (Å²) in [5.74, 6) is -0.275. The Kier molecular flexibility index (Phi) is 5.29. The van der Waals surface area contributed by atoms with Gasteiger partial charge in [-0.3, -0.25) is 9.59 Å². The Morgan fingerprint density at radius 1 is 1.08 bits per heavy atom.